The summed E-state index contributed by atoms with van der Waals surface area (Å²) in [6, 6.07) is 3.31. The molecule has 0 bridgehead atoms. The van der Waals surface area contributed by atoms with Crippen molar-refractivity contribution in [1.82, 2.24) is 0 Å². The van der Waals surface area contributed by atoms with Crippen molar-refractivity contribution in [3.05, 3.63) is 22.7 Å². The molecule has 3 rings (SSSR count). The standard InChI is InChI=1S/C14H15ClN2O2/c1-7-5-11(16)10(15)6-12(7)17-13(18)8-3-2-4-9(8)14(17)19/h5-6,8-9H,2-4,16H2,1H3. The highest BCUT2D eigenvalue weighted by molar-refractivity contribution is 6.34. The zero-order chi connectivity index (χ0) is 13.7. The second-order valence-corrected chi connectivity index (χ2v) is 5.72. The summed E-state index contributed by atoms with van der Waals surface area (Å²) in [5.41, 5.74) is 7.56. The summed E-state index contributed by atoms with van der Waals surface area (Å²) in [5, 5.41) is 0.373. The van der Waals surface area contributed by atoms with E-state index in [1.807, 2.05) is 6.92 Å². The van der Waals surface area contributed by atoms with Crippen LogP contribution in [0.15, 0.2) is 12.1 Å². The van der Waals surface area contributed by atoms with Crippen molar-refractivity contribution in [2.45, 2.75) is 26.2 Å². The largest absolute Gasteiger partial charge is 0.398 e. The molecule has 5 heteroatoms. The summed E-state index contributed by atoms with van der Waals surface area (Å²) in [6.07, 6.45) is 2.59. The Labute approximate surface area is 116 Å². The first-order chi connectivity index (χ1) is 9.00. The van der Waals surface area contributed by atoms with Gasteiger partial charge < -0.3 is 5.73 Å². The van der Waals surface area contributed by atoms with Gasteiger partial charge in [-0.15, -0.1) is 0 Å². The first-order valence-electron chi connectivity index (χ1n) is 6.44. The van der Waals surface area contributed by atoms with Gasteiger partial charge in [-0.05, 0) is 37.5 Å². The van der Waals surface area contributed by atoms with Crippen molar-refractivity contribution in [3.63, 3.8) is 0 Å². The van der Waals surface area contributed by atoms with Crippen LogP contribution in [-0.2, 0) is 9.59 Å². The number of amides is 2. The van der Waals surface area contributed by atoms with Gasteiger partial charge in [-0.1, -0.05) is 18.0 Å². The molecule has 1 aromatic rings. The molecule has 1 heterocycles. The monoisotopic (exact) mass is 278 g/mol. The SMILES string of the molecule is Cc1cc(N)c(Cl)cc1N1C(=O)C2CCCC2C1=O. The summed E-state index contributed by atoms with van der Waals surface area (Å²) in [6.45, 7) is 1.83. The minimum Gasteiger partial charge on any atom is -0.398 e. The third-order valence-corrected chi connectivity index (χ3v) is 4.47. The summed E-state index contributed by atoms with van der Waals surface area (Å²) in [7, 11) is 0. The number of rotatable bonds is 1. The van der Waals surface area contributed by atoms with Crippen LogP contribution in [0, 0.1) is 18.8 Å². The maximum Gasteiger partial charge on any atom is 0.237 e. The number of nitrogens with zero attached hydrogens (tertiary/aromatic N) is 1. The number of carbonyl (C=O) groups is 2. The molecule has 100 valence electrons. The quantitative estimate of drug-likeness (QED) is 0.634. The van der Waals surface area contributed by atoms with Gasteiger partial charge in [-0.2, -0.15) is 0 Å². The molecule has 0 aromatic heterocycles. The number of imide groups is 1. The van der Waals surface area contributed by atoms with Crippen LogP contribution >= 0.6 is 11.6 Å². The van der Waals surface area contributed by atoms with Gasteiger partial charge in [0.25, 0.3) is 0 Å². The number of hydrogen-bond donors (Lipinski definition) is 1. The van der Waals surface area contributed by atoms with E-state index in [1.54, 1.807) is 12.1 Å². The lowest BCUT2D eigenvalue weighted by Crippen LogP contribution is -2.32. The Morgan fingerprint density at radius 2 is 1.79 bits per heavy atom. The average Bonchev–Trinajstić information content (AvgIpc) is 2.91. The van der Waals surface area contributed by atoms with Crippen LogP contribution in [0.5, 0.6) is 0 Å². The van der Waals surface area contributed by atoms with Gasteiger partial charge in [0.2, 0.25) is 11.8 Å². The van der Waals surface area contributed by atoms with E-state index < -0.39 is 0 Å². The van der Waals surface area contributed by atoms with Crippen molar-refractivity contribution >= 4 is 34.8 Å². The fourth-order valence-corrected chi connectivity index (χ4v) is 3.32. The minimum atomic E-state index is -0.136. The molecule has 4 nitrogen and oxygen atoms in total. The van der Waals surface area contributed by atoms with Gasteiger partial charge >= 0.3 is 0 Å². The first-order valence-corrected chi connectivity index (χ1v) is 6.82. The Hall–Kier alpha value is -1.55. The summed E-state index contributed by atoms with van der Waals surface area (Å²) >= 11 is 6.01. The second kappa shape index (κ2) is 4.23. The third-order valence-electron chi connectivity index (χ3n) is 4.15. The van der Waals surface area contributed by atoms with E-state index in [0.717, 1.165) is 24.8 Å². The van der Waals surface area contributed by atoms with Crippen molar-refractivity contribution in [3.8, 4) is 0 Å². The Balaban J connectivity index is 2.06. The first kappa shape index (κ1) is 12.5. The molecule has 2 amide bonds. The average molecular weight is 279 g/mol. The number of halogens is 1. The highest BCUT2D eigenvalue weighted by Gasteiger charge is 2.50. The number of aryl methyl sites for hydroxylation is 1. The molecule has 1 aliphatic heterocycles. The Morgan fingerprint density at radius 3 is 2.37 bits per heavy atom. The summed E-state index contributed by atoms with van der Waals surface area (Å²) < 4.78 is 0. The van der Waals surface area contributed by atoms with Gasteiger partial charge in [0, 0.05) is 0 Å². The molecule has 0 radical (unpaired) electrons. The Morgan fingerprint density at radius 1 is 1.21 bits per heavy atom. The molecule has 19 heavy (non-hydrogen) atoms. The lowest BCUT2D eigenvalue weighted by atomic mass is 10.00. The molecule has 2 unspecified atom stereocenters. The van der Waals surface area contributed by atoms with Crippen LogP contribution in [0.3, 0.4) is 0 Å². The van der Waals surface area contributed by atoms with E-state index in [-0.39, 0.29) is 23.7 Å². The molecule has 0 spiro atoms. The van der Waals surface area contributed by atoms with Crippen LogP contribution < -0.4 is 10.6 Å². The van der Waals surface area contributed by atoms with Gasteiger partial charge in [-0.25, -0.2) is 4.90 Å². The fourth-order valence-electron chi connectivity index (χ4n) is 3.16. The highest BCUT2D eigenvalue weighted by Crippen LogP contribution is 2.43. The molecule has 1 saturated carbocycles. The van der Waals surface area contributed by atoms with Gasteiger partial charge in [-0.3, -0.25) is 9.59 Å². The van der Waals surface area contributed by atoms with E-state index in [2.05, 4.69) is 0 Å². The lowest BCUT2D eigenvalue weighted by molar-refractivity contribution is -0.122. The number of fused-ring (bicyclic) bond motifs is 1. The van der Waals surface area contributed by atoms with Crippen molar-refractivity contribution in [1.29, 1.82) is 0 Å². The topological polar surface area (TPSA) is 63.4 Å². The van der Waals surface area contributed by atoms with Crippen molar-refractivity contribution in [2.24, 2.45) is 11.8 Å². The van der Waals surface area contributed by atoms with E-state index in [1.165, 1.54) is 4.90 Å². The molecule has 1 aliphatic carbocycles. The summed E-state index contributed by atoms with van der Waals surface area (Å²) in [5.74, 6) is -0.445. The van der Waals surface area contributed by atoms with Crippen LogP contribution in [-0.4, -0.2) is 11.8 Å². The molecule has 2 fully saturated rings. The van der Waals surface area contributed by atoms with E-state index in [4.69, 9.17) is 17.3 Å². The predicted molar refractivity (Wildman–Crippen MR) is 73.9 cm³/mol. The fraction of sp³-hybridized carbons (Fsp3) is 0.429. The number of carbonyl (C=O) groups excluding carboxylic acids is 2. The van der Waals surface area contributed by atoms with Crippen LogP contribution in [0.1, 0.15) is 24.8 Å². The van der Waals surface area contributed by atoms with Gasteiger partial charge in [0.15, 0.2) is 0 Å². The molecular weight excluding hydrogens is 264 g/mol. The van der Waals surface area contributed by atoms with E-state index in [0.29, 0.717) is 16.4 Å². The molecule has 2 atom stereocenters. The predicted octanol–water partition coefficient (Wildman–Crippen LogP) is 2.52. The van der Waals surface area contributed by atoms with E-state index >= 15 is 0 Å². The second-order valence-electron chi connectivity index (χ2n) is 5.32. The smallest absolute Gasteiger partial charge is 0.237 e. The van der Waals surface area contributed by atoms with Crippen LogP contribution in [0.4, 0.5) is 11.4 Å². The van der Waals surface area contributed by atoms with Crippen LogP contribution in [0.25, 0.3) is 0 Å². The molecule has 1 saturated heterocycles. The van der Waals surface area contributed by atoms with Crippen LogP contribution in [0.2, 0.25) is 5.02 Å². The van der Waals surface area contributed by atoms with Gasteiger partial charge in [0.05, 0.1) is 28.2 Å². The Kier molecular flexibility index (Phi) is 2.78. The van der Waals surface area contributed by atoms with Crippen molar-refractivity contribution < 1.29 is 9.59 Å². The molecular formula is C14H15ClN2O2. The minimum absolute atomic E-state index is 0.0866. The highest BCUT2D eigenvalue weighted by atomic mass is 35.5. The number of benzene rings is 1. The Bertz CT molecular complexity index is 563. The zero-order valence-electron chi connectivity index (χ0n) is 10.6. The maximum absolute atomic E-state index is 12.4. The molecule has 2 N–H and O–H groups in total. The third kappa shape index (κ3) is 1.74. The molecule has 2 aliphatic rings. The van der Waals surface area contributed by atoms with Gasteiger partial charge in [0.1, 0.15) is 0 Å². The number of anilines is 2. The van der Waals surface area contributed by atoms with Crippen molar-refractivity contribution in [2.75, 3.05) is 10.6 Å². The normalized spacial score (nSPS) is 26.1. The zero-order valence-corrected chi connectivity index (χ0v) is 11.4. The van der Waals surface area contributed by atoms with E-state index in [9.17, 15) is 9.59 Å². The number of nitrogen functional groups attached to an aromatic ring is 1. The lowest BCUT2D eigenvalue weighted by Gasteiger charge is -2.19. The number of nitrogens with two attached hydrogens (primary N) is 1. The summed E-state index contributed by atoms with van der Waals surface area (Å²) in [4.78, 5) is 26.1. The maximum atomic E-state index is 12.4. The molecule has 1 aromatic carbocycles. The number of hydrogen-bond acceptors (Lipinski definition) is 3.